The van der Waals surface area contributed by atoms with Gasteiger partial charge in [0.25, 0.3) is 5.24 Å². The van der Waals surface area contributed by atoms with Gasteiger partial charge in [-0.25, -0.2) is 4.79 Å². The Morgan fingerprint density at radius 2 is 1.90 bits per heavy atom. The van der Waals surface area contributed by atoms with Crippen LogP contribution in [0.2, 0.25) is 0 Å². The number of nitrogens with one attached hydrogen (secondary N) is 2. The molecule has 2 N–H and O–H groups in total. The molecule has 1 atom stereocenters. The van der Waals surface area contributed by atoms with Gasteiger partial charge in [0.15, 0.2) is 11.5 Å². The van der Waals surface area contributed by atoms with Gasteiger partial charge in [-0.05, 0) is 42.3 Å². The molecule has 29 heavy (non-hydrogen) atoms. The quantitative estimate of drug-likeness (QED) is 0.779. The lowest BCUT2D eigenvalue weighted by Crippen LogP contribution is -2.31. The Bertz CT molecular complexity index is 947. The third-order valence-corrected chi connectivity index (χ3v) is 5.50. The number of imide groups is 1. The number of nitrogens with zero attached hydrogens (tertiary/aromatic N) is 1. The van der Waals surface area contributed by atoms with Crippen LogP contribution in [0.25, 0.3) is 0 Å². The molecular formula is C20H19N3O5S. The molecule has 8 nitrogen and oxygen atoms in total. The minimum absolute atomic E-state index is 0.181. The number of hydrogen-bond acceptors (Lipinski definition) is 6. The highest BCUT2D eigenvalue weighted by atomic mass is 32.2. The number of fused-ring (bicyclic) bond motifs is 1. The average molecular weight is 413 g/mol. The van der Waals surface area contributed by atoms with Gasteiger partial charge in [0.2, 0.25) is 12.7 Å². The van der Waals surface area contributed by atoms with Crippen molar-refractivity contribution in [2.75, 3.05) is 17.9 Å². The SMILES string of the molecule is CC(NC(=O)Nc1ccc(CN2C(=O)CSC2=O)cc1)c1ccc2c(c1)OCO2. The Morgan fingerprint density at radius 3 is 2.62 bits per heavy atom. The van der Waals surface area contributed by atoms with Gasteiger partial charge in [0.1, 0.15) is 0 Å². The Kier molecular flexibility index (Phi) is 5.30. The molecule has 2 aromatic rings. The topological polar surface area (TPSA) is 97.0 Å². The summed E-state index contributed by atoms with van der Waals surface area (Å²) in [6, 6.07) is 12.0. The maximum absolute atomic E-state index is 12.3. The third kappa shape index (κ3) is 4.29. The van der Waals surface area contributed by atoms with Crippen LogP contribution in [0.1, 0.15) is 24.1 Å². The Morgan fingerprint density at radius 1 is 1.14 bits per heavy atom. The summed E-state index contributed by atoms with van der Waals surface area (Å²) < 4.78 is 10.7. The van der Waals surface area contributed by atoms with Crippen molar-refractivity contribution in [3.8, 4) is 11.5 Å². The molecule has 0 aliphatic carbocycles. The van der Waals surface area contributed by atoms with Crippen LogP contribution in [-0.4, -0.2) is 34.6 Å². The molecule has 2 heterocycles. The molecule has 0 radical (unpaired) electrons. The molecular weight excluding hydrogens is 394 g/mol. The molecule has 0 bridgehead atoms. The smallest absolute Gasteiger partial charge is 0.319 e. The molecule has 0 saturated carbocycles. The van der Waals surface area contributed by atoms with Gasteiger partial charge in [0, 0.05) is 5.69 Å². The second kappa shape index (κ2) is 8.04. The van der Waals surface area contributed by atoms with Crippen LogP contribution in [0.4, 0.5) is 15.3 Å². The number of thioether (sulfide) groups is 1. The molecule has 2 aliphatic heterocycles. The van der Waals surface area contributed by atoms with Crippen LogP contribution in [-0.2, 0) is 11.3 Å². The number of amides is 4. The summed E-state index contributed by atoms with van der Waals surface area (Å²) in [7, 11) is 0. The van der Waals surface area contributed by atoms with Crippen LogP contribution in [0, 0.1) is 0 Å². The van der Waals surface area contributed by atoms with Crippen molar-refractivity contribution in [2.24, 2.45) is 0 Å². The van der Waals surface area contributed by atoms with E-state index >= 15 is 0 Å². The van der Waals surface area contributed by atoms with Crippen LogP contribution in [0.15, 0.2) is 42.5 Å². The number of benzene rings is 2. The predicted molar refractivity (Wildman–Crippen MR) is 108 cm³/mol. The molecule has 1 saturated heterocycles. The van der Waals surface area contributed by atoms with E-state index in [4.69, 9.17) is 9.47 Å². The van der Waals surface area contributed by atoms with Crippen molar-refractivity contribution in [1.29, 1.82) is 0 Å². The zero-order valence-corrected chi connectivity index (χ0v) is 16.5. The van der Waals surface area contributed by atoms with Crippen molar-refractivity contribution in [1.82, 2.24) is 10.2 Å². The summed E-state index contributed by atoms with van der Waals surface area (Å²) >= 11 is 1.01. The molecule has 9 heteroatoms. The van der Waals surface area contributed by atoms with E-state index in [2.05, 4.69) is 10.6 Å². The van der Waals surface area contributed by atoms with Crippen LogP contribution in [0.5, 0.6) is 11.5 Å². The molecule has 1 fully saturated rings. The fourth-order valence-electron chi connectivity index (χ4n) is 3.04. The number of hydrogen-bond donors (Lipinski definition) is 2. The largest absolute Gasteiger partial charge is 0.454 e. The second-order valence-corrected chi connectivity index (χ2v) is 7.59. The van der Waals surface area contributed by atoms with Gasteiger partial charge in [-0.3, -0.25) is 14.5 Å². The van der Waals surface area contributed by atoms with Gasteiger partial charge < -0.3 is 20.1 Å². The van der Waals surface area contributed by atoms with Crippen LogP contribution < -0.4 is 20.1 Å². The fourth-order valence-corrected chi connectivity index (χ4v) is 3.76. The normalized spacial score (nSPS) is 16.1. The highest BCUT2D eigenvalue weighted by Crippen LogP contribution is 2.34. The van der Waals surface area contributed by atoms with Gasteiger partial charge in [-0.2, -0.15) is 0 Å². The lowest BCUT2D eigenvalue weighted by atomic mass is 10.1. The number of ether oxygens (including phenoxy) is 2. The van der Waals surface area contributed by atoms with E-state index < -0.39 is 0 Å². The summed E-state index contributed by atoms with van der Waals surface area (Å²) in [5, 5.41) is 5.42. The Hall–Kier alpha value is -3.20. The Balaban J connectivity index is 1.32. The zero-order chi connectivity index (χ0) is 20.4. The van der Waals surface area contributed by atoms with Crippen molar-refractivity contribution in [3.63, 3.8) is 0 Å². The summed E-state index contributed by atoms with van der Waals surface area (Å²) in [6.07, 6.45) is 0. The minimum atomic E-state index is -0.343. The molecule has 2 aromatic carbocycles. The molecule has 0 aromatic heterocycles. The maximum Gasteiger partial charge on any atom is 0.319 e. The summed E-state index contributed by atoms with van der Waals surface area (Å²) in [6.45, 7) is 2.32. The monoisotopic (exact) mass is 413 g/mol. The lowest BCUT2D eigenvalue weighted by Gasteiger charge is -2.16. The second-order valence-electron chi connectivity index (χ2n) is 6.66. The first-order chi connectivity index (χ1) is 14.0. The highest BCUT2D eigenvalue weighted by molar-refractivity contribution is 8.14. The number of anilines is 1. The van der Waals surface area contributed by atoms with Gasteiger partial charge in [-0.15, -0.1) is 0 Å². The molecule has 2 aliphatic rings. The van der Waals surface area contributed by atoms with Crippen LogP contribution >= 0.6 is 11.8 Å². The van der Waals surface area contributed by atoms with Crippen molar-refractivity contribution < 1.29 is 23.9 Å². The summed E-state index contributed by atoms with van der Waals surface area (Å²) in [4.78, 5) is 36.9. The number of carbonyl (C=O) groups excluding carboxylic acids is 3. The third-order valence-electron chi connectivity index (χ3n) is 4.64. The first-order valence-corrected chi connectivity index (χ1v) is 10.0. The summed E-state index contributed by atoms with van der Waals surface area (Å²) in [5.74, 6) is 1.38. The number of urea groups is 1. The Labute approximate surface area is 171 Å². The average Bonchev–Trinajstić information content (AvgIpc) is 3.30. The standard InChI is InChI=1S/C20H19N3O5S/c1-12(14-4-7-16-17(8-14)28-11-27-16)21-19(25)22-15-5-2-13(3-6-15)9-23-18(24)10-29-20(23)26/h2-8,12H,9-11H2,1H3,(H2,21,22,25). The first kappa shape index (κ1) is 19.1. The van der Waals surface area contributed by atoms with Crippen LogP contribution in [0.3, 0.4) is 0 Å². The van der Waals surface area contributed by atoms with E-state index in [0.29, 0.717) is 17.2 Å². The van der Waals surface area contributed by atoms with E-state index in [1.54, 1.807) is 24.3 Å². The van der Waals surface area contributed by atoms with E-state index in [1.807, 2.05) is 25.1 Å². The first-order valence-electron chi connectivity index (χ1n) is 9.03. The van der Waals surface area contributed by atoms with Gasteiger partial charge in [-0.1, -0.05) is 30.0 Å². The molecule has 1 unspecified atom stereocenters. The molecule has 150 valence electrons. The van der Waals surface area contributed by atoms with E-state index in [1.165, 1.54) is 4.90 Å². The minimum Gasteiger partial charge on any atom is -0.454 e. The number of rotatable bonds is 5. The maximum atomic E-state index is 12.3. The van der Waals surface area contributed by atoms with Crippen molar-refractivity contribution in [3.05, 3.63) is 53.6 Å². The number of carbonyl (C=O) groups is 3. The molecule has 4 amide bonds. The van der Waals surface area contributed by atoms with Crippen molar-refractivity contribution in [2.45, 2.75) is 19.5 Å². The molecule has 0 spiro atoms. The van der Waals surface area contributed by atoms with Crippen molar-refractivity contribution >= 4 is 34.6 Å². The van der Waals surface area contributed by atoms with Gasteiger partial charge >= 0.3 is 6.03 Å². The predicted octanol–water partition coefficient (Wildman–Crippen LogP) is 3.49. The lowest BCUT2D eigenvalue weighted by molar-refractivity contribution is -0.125. The highest BCUT2D eigenvalue weighted by Gasteiger charge is 2.29. The zero-order valence-electron chi connectivity index (χ0n) is 15.6. The van der Waals surface area contributed by atoms with E-state index in [0.717, 1.165) is 22.9 Å². The summed E-state index contributed by atoms with van der Waals surface area (Å²) in [5.41, 5.74) is 2.32. The van der Waals surface area contributed by atoms with E-state index in [-0.39, 0.29) is 42.3 Å². The van der Waals surface area contributed by atoms with E-state index in [9.17, 15) is 14.4 Å². The fraction of sp³-hybridized carbons (Fsp3) is 0.250. The molecule has 4 rings (SSSR count). The van der Waals surface area contributed by atoms with Gasteiger partial charge in [0.05, 0.1) is 18.3 Å².